The van der Waals surface area contributed by atoms with Crippen molar-refractivity contribution in [1.29, 1.82) is 0 Å². The second-order valence-electron chi connectivity index (χ2n) is 9.42. The lowest BCUT2D eigenvalue weighted by molar-refractivity contribution is 0.266. The molecule has 0 aliphatic carbocycles. The topological polar surface area (TPSA) is 79.6 Å². The molecule has 0 unspecified atom stereocenters. The van der Waals surface area contributed by atoms with E-state index in [1.165, 1.54) is 5.56 Å². The Balaban J connectivity index is 1.24. The first-order chi connectivity index (χ1) is 17.8. The summed E-state index contributed by atoms with van der Waals surface area (Å²) in [6.07, 6.45) is 4.03. The van der Waals surface area contributed by atoms with Crippen LogP contribution in [0.15, 0.2) is 88.5 Å². The van der Waals surface area contributed by atoms with Crippen molar-refractivity contribution in [2.75, 3.05) is 24.2 Å². The first kappa shape index (κ1) is 25.5. The summed E-state index contributed by atoms with van der Waals surface area (Å²) in [6, 6.07) is 19.2. The summed E-state index contributed by atoms with van der Waals surface area (Å²) in [5, 5.41) is 8.21. The van der Waals surface area contributed by atoms with E-state index in [-0.39, 0.29) is 11.8 Å². The number of fused-ring (bicyclic) bond motifs is 1. The van der Waals surface area contributed by atoms with Crippen LogP contribution in [0.4, 0.5) is 5.82 Å². The summed E-state index contributed by atoms with van der Waals surface area (Å²) >= 11 is 3.59. The fourth-order valence-electron chi connectivity index (χ4n) is 4.74. The Morgan fingerprint density at radius 1 is 1.11 bits per heavy atom. The zero-order valence-corrected chi connectivity index (χ0v) is 23.2. The van der Waals surface area contributed by atoms with E-state index in [1.54, 1.807) is 30.5 Å². The van der Waals surface area contributed by atoms with Crippen LogP contribution < -0.4 is 5.32 Å². The third kappa shape index (κ3) is 5.57. The van der Waals surface area contributed by atoms with Gasteiger partial charge in [0.1, 0.15) is 5.82 Å². The first-order valence-corrected chi connectivity index (χ1v) is 14.8. The van der Waals surface area contributed by atoms with Crippen molar-refractivity contribution in [3.63, 3.8) is 0 Å². The van der Waals surface area contributed by atoms with Gasteiger partial charge in [-0.05, 0) is 53.4 Å². The number of likely N-dealkylation sites (tertiary alicyclic amines) is 1. The van der Waals surface area contributed by atoms with Gasteiger partial charge < -0.3 is 10.2 Å². The number of sulfone groups is 1. The molecule has 0 amide bonds. The monoisotopic (exact) mass is 579 g/mol. The molecule has 0 spiro atoms. The zero-order chi connectivity index (χ0) is 26.0. The summed E-state index contributed by atoms with van der Waals surface area (Å²) in [6.45, 7) is 7.93. The van der Waals surface area contributed by atoms with Crippen LogP contribution in [0, 0.1) is 6.92 Å². The van der Waals surface area contributed by atoms with Crippen LogP contribution in [0.1, 0.15) is 24.8 Å². The molecule has 0 saturated carbocycles. The Morgan fingerprint density at radius 2 is 1.81 bits per heavy atom. The number of piperidine rings is 1. The fraction of sp³-hybridized carbons (Fsp3) is 0.286. The van der Waals surface area contributed by atoms with Gasteiger partial charge in [0.05, 0.1) is 27.0 Å². The number of anilines is 1. The van der Waals surface area contributed by atoms with Crippen LogP contribution in [-0.2, 0) is 9.84 Å². The van der Waals surface area contributed by atoms with Crippen LogP contribution >= 0.6 is 15.9 Å². The minimum atomic E-state index is -3.31. The number of aromatic nitrogens is 3. The van der Waals surface area contributed by atoms with E-state index in [2.05, 4.69) is 62.9 Å². The lowest BCUT2D eigenvalue weighted by atomic mass is 10.0. The number of rotatable bonds is 8. The van der Waals surface area contributed by atoms with Crippen molar-refractivity contribution in [1.82, 2.24) is 19.5 Å². The third-order valence-corrected chi connectivity index (χ3v) is 9.20. The van der Waals surface area contributed by atoms with E-state index in [1.807, 2.05) is 22.7 Å². The van der Waals surface area contributed by atoms with Crippen molar-refractivity contribution in [3.05, 3.63) is 89.2 Å². The van der Waals surface area contributed by atoms with Crippen LogP contribution in [0.3, 0.4) is 0 Å². The van der Waals surface area contributed by atoms with Gasteiger partial charge in [-0.3, -0.25) is 0 Å². The molecular weight excluding hydrogens is 550 g/mol. The molecule has 0 radical (unpaired) electrons. The van der Waals surface area contributed by atoms with Gasteiger partial charge in [0, 0.05) is 42.9 Å². The number of hydrogen-bond acceptors (Lipinski definition) is 6. The molecule has 1 N–H and O–H groups in total. The molecule has 1 fully saturated rings. The van der Waals surface area contributed by atoms with Crippen molar-refractivity contribution >= 4 is 37.2 Å². The van der Waals surface area contributed by atoms with Gasteiger partial charge >= 0.3 is 0 Å². The number of allylic oxidation sites excluding steroid dienone is 1. The maximum atomic E-state index is 12.6. The van der Waals surface area contributed by atoms with E-state index in [4.69, 9.17) is 4.98 Å². The molecule has 2 aromatic carbocycles. The molecule has 7 nitrogen and oxygen atoms in total. The molecule has 9 heteroatoms. The number of benzene rings is 2. The van der Waals surface area contributed by atoms with Gasteiger partial charge in [0.15, 0.2) is 15.5 Å². The number of nitrogens with zero attached hydrogens (tertiary/aromatic N) is 4. The summed E-state index contributed by atoms with van der Waals surface area (Å²) in [4.78, 5) is 7.44. The van der Waals surface area contributed by atoms with E-state index >= 15 is 0 Å². The van der Waals surface area contributed by atoms with Crippen LogP contribution in [0.25, 0.3) is 16.9 Å². The largest absolute Gasteiger partial charge is 0.375 e. The number of nitrogens with one attached hydrogen (secondary N) is 1. The lowest BCUT2D eigenvalue weighted by Crippen LogP contribution is -2.39. The predicted octanol–water partition coefficient (Wildman–Crippen LogP) is 5.72. The molecule has 0 bridgehead atoms. The summed E-state index contributed by atoms with van der Waals surface area (Å²) in [5.74, 6) is 0.971. The van der Waals surface area contributed by atoms with Crippen molar-refractivity contribution in [2.24, 2.45) is 0 Å². The summed E-state index contributed by atoms with van der Waals surface area (Å²) in [5.41, 5.74) is 4.82. The highest BCUT2D eigenvalue weighted by atomic mass is 79.9. The lowest BCUT2D eigenvalue weighted by Gasteiger charge is -2.35. The third-order valence-electron chi connectivity index (χ3n) is 6.91. The van der Waals surface area contributed by atoms with Crippen molar-refractivity contribution < 1.29 is 8.42 Å². The van der Waals surface area contributed by atoms with Gasteiger partial charge in [-0.25, -0.2) is 13.4 Å². The van der Waals surface area contributed by atoms with Crippen molar-refractivity contribution in [2.45, 2.75) is 37.1 Å². The van der Waals surface area contributed by atoms with E-state index in [0.29, 0.717) is 11.3 Å². The van der Waals surface area contributed by atoms with E-state index in [9.17, 15) is 8.42 Å². The highest BCUT2D eigenvalue weighted by molar-refractivity contribution is 9.10. The molecule has 192 valence electrons. The Morgan fingerprint density at radius 3 is 2.54 bits per heavy atom. The van der Waals surface area contributed by atoms with Gasteiger partial charge in [-0.2, -0.15) is 9.61 Å². The number of halogens is 1. The molecule has 5 rings (SSSR count). The Kier molecular flexibility index (Phi) is 7.35. The van der Waals surface area contributed by atoms with Gasteiger partial charge in [0.2, 0.25) is 0 Å². The predicted molar refractivity (Wildman–Crippen MR) is 151 cm³/mol. The van der Waals surface area contributed by atoms with E-state index < -0.39 is 9.84 Å². The van der Waals surface area contributed by atoms with E-state index in [0.717, 1.165) is 58.8 Å². The molecule has 2 aromatic heterocycles. The molecule has 1 saturated heterocycles. The number of aryl methyl sites for hydroxylation is 1. The number of hydrogen-bond donors (Lipinski definition) is 1. The minimum Gasteiger partial charge on any atom is -0.375 e. The van der Waals surface area contributed by atoms with Crippen LogP contribution in [0.2, 0.25) is 0 Å². The fourth-order valence-corrected chi connectivity index (χ4v) is 6.40. The Labute approximate surface area is 226 Å². The highest BCUT2D eigenvalue weighted by Gasteiger charge is 2.23. The quantitative estimate of drug-likeness (QED) is 0.287. The average molecular weight is 581 g/mol. The highest BCUT2D eigenvalue weighted by Crippen LogP contribution is 2.29. The Hall–Kier alpha value is -3.17. The molecule has 0 atom stereocenters. The summed E-state index contributed by atoms with van der Waals surface area (Å²) < 4.78 is 28.0. The Bertz CT molecular complexity index is 1530. The molecule has 1 aliphatic rings. The second kappa shape index (κ2) is 10.7. The molecule has 3 heterocycles. The standard InChI is InChI=1S/C28H30BrN5O2S/c1-20-8-6-7-11-24(20)26-18-27(34-28(32-26)25(29)19-30-34)31-22-12-15-33(16-13-22)21(2)14-17-37(35,36)23-9-4-3-5-10-23/h3-11,18-19,22,31H,2,12-17H2,1H3. The first-order valence-electron chi connectivity index (χ1n) is 12.4. The smallest absolute Gasteiger partial charge is 0.178 e. The average Bonchev–Trinajstić information content (AvgIpc) is 3.29. The molecule has 37 heavy (non-hydrogen) atoms. The summed E-state index contributed by atoms with van der Waals surface area (Å²) in [7, 11) is -3.31. The molecule has 4 aromatic rings. The maximum absolute atomic E-state index is 12.6. The van der Waals surface area contributed by atoms with Crippen LogP contribution in [-0.4, -0.2) is 52.8 Å². The maximum Gasteiger partial charge on any atom is 0.178 e. The van der Waals surface area contributed by atoms with Crippen molar-refractivity contribution in [3.8, 4) is 11.3 Å². The SMILES string of the molecule is C=C(CCS(=O)(=O)c1ccccc1)N1CCC(Nc2cc(-c3ccccc3C)nc3c(Br)cnn23)CC1. The molecular formula is C28H30BrN5O2S. The van der Waals surface area contributed by atoms with Gasteiger partial charge in [0.25, 0.3) is 0 Å². The second-order valence-corrected chi connectivity index (χ2v) is 12.4. The van der Waals surface area contributed by atoms with Gasteiger partial charge in [-0.15, -0.1) is 0 Å². The van der Waals surface area contributed by atoms with Crippen LogP contribution in [0.5, 0.6) is 0 Å². The zero-order valence-electron chi connectivity index (χ0n) is 20.8. The molecule has 1 aliphatic heterocycles. The minimum absolute atomic E-state index is 0.0683. The van der Waals surface area contributed by atoms with Gasteiger partial charge in [-0.1, -0.05) is 49.0 Å². The normalized spacial score (nSPS) is 14.7.